The Morgan fingerprint density at radius 1 is 1.23 bits per heavy atom. The van der Waals surface area contributed by atoms with Crippen molar-refractivity contribution in [2.75, 3.05) is 16.6 Å². The Labute approximate surface area is 137 Å². The number of halogens is 3. The number of allylic oxidation sites excluding steroid dienone is 1. The first kappa shape index (κ1) is 22.3. The maximum absolute atomic E-state index is 10.7. The van der Waals surface area contributed by atoms with Crippen molar-refractivity contribution in [3.63, 3.8) is 0 Å². The van der Waals surface area contributed by atoms with Crippen LogP contribution in [0, 0.1) is 0 Å². The number of rotatable bonds is 4. The van der Waals surface area contributed by atoms with Crippen LogP contribution in [0.1, 0.15) is 25.7 Å². The van der Waals surface area contributed by atoms with Crippen molar-refractivity contribution >= 4 is 34.3 Å². The minimum absolute atomic E-state index is 0.671. The zero-order valence-corrected chi connectivity index (χ0v) is 17.2. The summed E-state index contributed by atoms with van der Waals surface area (Å²) in [5.41, 5.74) is -3.89. The van der Waals surface area contributed by atoms with Crippen molar-refractivity contribution in [3.05, 3.63) is 11.6 Å². The molecule has 0 amide bonds. The van der Waals surface area contributed by atoms with Gasteiger partial charge in [0.2, 0.25) is 0 Å². The zero-order valence-electron chi connectivity index (χ0n) is 13.5. The molecule has 1 fully saturated rings. The summed E-state index contributed by atoms with van der Waals surface area (Å²) in [4.78, 5) is 0. The van der Waals surface area contributed by atoms with Crippen molar-refractivity contribution in [1.82, 2.24) is 0 Å². The average molecular weight is 423 g/mol. The smallest absolute Gasteiger partial charge is 0.485 e. The second-order valence-electron chi connectivity index (χ2n) is 6.62. The van der Waals surface area contributed by atoms with Crippen LogP contribution < -0.4 is 0 Å². The van der Waals surface area contributed by atoms with E-state index in [0.717, 1.165) is 0 Å². The van der Waals surface area contributed by atoms with Crippen LogP contribution in [0.5, 0.6) is 0 Å². The first-order valence-electron chi connectivity index (χ1n) is 7.01. The fourth-order valence-electron chi connectivity index (χ4n) is 2.09. The standard InChI is InChI=1S/C12H25GeS.CHF3O3S/c1-13(2,3)11-14(4)10-9-12-7-5-6-8-12;2-1(3,4)8(5,6)7/h9H,5-8,10-11H2,1-4H3;(H,5,6,7)/q+1;/p-1. The van der Waals surface area contributed by atoms with Crippen molar-refractivity contribution in [2.45, 2.75) is 48.5 Å². The van der Waals surface area contributed by atoms with Crippen molar-refractivity contribution in [2.24, 2.45) is 0 Å². The molecule has 1 saturated carbocycles. The summed E-state index contributed by atoms with van der Waals surface area (Å²) in [6.07, 6.45) is 10.7. The normalized spacial score (nSPS) is 17.7. The molecule has 0 spiro atoms. The molecule has 1 rings (SSSR count). The van der Waals surface area contributed by atoms with Crippen LogP contribution in [0.2, 0.25) is 17.3 Å². The van der Waals surface area contributed by atoms with Gasteiger partial charge in [-0.15, -0.1) is 0 Å². The summed E-state index contributed by atoms with van der Waals surface area (Å²) >= 11 is -1.28. The first-order valence-corrected chi connectivity index (χ1v) is 18.2. The molecule has 22 heavy (non-hydrogen) atoms. The van der Waals surface area contributed by atoms with Gasteiger partial charge >= 0.3 is 101 Å². The van der Waals surface area contributed by atoms with Crippen LogP contribution in [0.4, 0.5) is 13.2 Å². The molecule has 1 aliphatic carbocycles. The molecule has 1 aliphatic rings. The third-order valence-corrected chi connectivity index (χ3v) is 14.1. The molecule has 0 bridgehead atoms. The van der Waals surface area contributed by atoms with E-state index in [1.165, 1.54) is 31.4 Å². The van der Waals surface area contributed by atoms with Crippen LogP contribution >= 0.6 is 0 Å². The topological polar surface area (TPSA) is 57.2 Å². The summed E-state index contributed by atoms with van der Waals surface area (Å²) in [6.45, 7) is 0. The average Bonchev–Trinajstić information content (AvgIpc) is 2.74. The van der Waals surface area contributed by atoms with Crippen molar-refractivity contribution in [3.8, 4) is 0 Å². The minimum atomic E-state index is -6.09. The van der Waals surface area contributed by atoms with E-state index < -0.39 is 28.9 Å². The van der Waals surface area contributed by atoms with Crippen LogP contribution in [0.15, 0.2) is 11.6 Å². The molecule has 9 heteroatoms. The molecule has 0 radical (unpaired) electrons. The Hall–Kier alpha value is 0.333. The maximum atomic E-state index is 10.7. The molecule has 3 nitrogen and oxygen atoms in total. The Kier molecular flexibility index (Phi) is 9.12. The monoisotopic (exact) mass is 424 g/mol. The Morgan fingerprint density at radius 2 is 1.64 bits per heavy atom. The van der Waals surface area contributed by atoms with Gasteiger partial charge in [-0.05, 0) is 0 Å². The first-order chi connectivity index (χ1) is 9.72. The van der Waals surface area contributed by atoms with E-state index in [2.05, 4.69) is 29.6 Å². The van der Waals surface area contributed by atoms with E-state index in [4.69, 9.17) is 13.0 Å². The quantitative estimate of drug-likeness (QED) is 0.228. The van der Waals surface area contributed by atoms with E-state index in [-0.39, 0.29) is 0 Å². The van der Waals surface area contributed by atoms with Crippen molar-refractivity contribution in [1.29, 1.82) is 0 Å². The van der Waals surface area contributed by atoms with Crippen LogP contribution in [0.3, 0.4) is 0 Å². The molecule has 1 unspecified atom stereocenters. The predicted octanol–water partition coefficient (Wildman–Crippen LogP) is 3.66. The number of alkyl halides is 3. The molecule has 0 heterocycles. The van der Waals surface area contributed by atoms with Crippen LogP contribution in [-0.4, -0.2) is 48.3 Å². The Balaban J connectivity index is 0.000000472. The molecule has 1 atom stereocenters. The molecule has 0 aliphatic heterocycles. The molecule has 0 saturated heterocycles. The van der Waals surface area contributed by atoms with E-state index in [1.54, 1.807) is 10.2 Å². The fraction of sp³-hybridized carbons (Fsp3) is 0.846. The van der Waals surface area contributed by atoms with Gasteiger partial charge in [0.05, 0.1) is 0 Å². The summed E-state index contributed by atoms with van der Waals surface area (Å²) in [5, 5.41) is 0. The van der Waals surface area contributed by atoms with Gasteiger partial charge in [-0.2, -0.15) is 13.2 Å². The molecular formula is C13H25F3GeO3S2. The van der Waals surface area contributed by atoms with E-state index >= 15 is 0 Å². The zero-order chi connectivity index (χ0) is 17.6. The van der Waals surface area contributed by atoms with Gasteiger partial charge in [-0.1, -0.05) is 0 Å². The third kappa shape index (κ3) is 11.0. The van der Waals surface area contributed by atoms with E-state index in [1.807, 2.05) is 0 Å². The van der Waals surface area contributed by atoms with Gasteiger partial charge in [-0.25, -0.2) is 8.42 Å². The number of hydrogen-bond donors (Lipinski definition) is 0. The summed E-state index contributed by atoms with van der Waals surface area (Å²) in [7, 11) is -5.42. The summed E-state index contributed by atoms with van der Waals surface area (Å²) in [6, 6.07) is 0. The fourth-order valence-corrected chi connectivity index (χ4v) is 14.3. The van der Waals surface area contributed by atoms with Crippen LogP contribution in [0.25, 0.3) is 0 Å². The summed E-state index contributed by atoms with van der Waals surface area (Å²) < 4.78 is 60.5. The second kappa shape index (κ2) is 8.98. The molecule has 0 aromatic carbocycles. The molecule has 132 valence electrons. The van der Waals surface area contributed by atoms with Crippen molar-refractivity contribution < 1.29 is 26.1 Å². The molecule has 0 N–H and O–H groups in total. The van der Waals surface area contributed by atoms with Gasteiger partial charge in [0, 0.05) is 0 Å². The van der Waals surface area contributed by atoms with Gasteiger partial charge < -0.3 is 4.55 Å². The molecule has 0 aromatic heterocycles. The Morgan fingerprint density at radius 3 is 1.95 bits per heavy atom. The minimum Gasteiger partial charge on any atom is -0.741 e. The maximum Gasteiger partial charge on any atom is 0.485 e. The van der Waals surface area contributed by atoms with Gasteiger partial charge in [-0.3, -0.25) is 0 Å². The van der Waals surface area contributed by atoms with Crippen LogP contribution in [-0.2, 0) is 21.0 Å². The third-order valence-electron chi connectivity index (χ3n) is 2.87. The SMILES string of the molecule is C[S+](CC=C1CCCC1)[CH2][Ge]([CH3])([CH3])[CH3].O=S(=O)([O-])C(F)(F)F. The number of hydrogen-bond acceptors (Lipinski definition) is 3. The predicted molar refractivity (Wildman–Crippen MR) is 88.7 cm³/mol. The van der Waals surface area contributed by atoms with E-state index in [9.17, 15) is 13.2 Å². The van der Waals surface area contributed by atoms with Gasteiger partial charge in [0.1, 0.15) is 0 Å². The second-order valence-corrected chi connectivity index (χ2v) is 22.7. The molecule has 0 aromatic rings. The summed E-state index contributed by atoms with van der Waals surface area (Å²) in [5.74, 6) is 8.97. The van der Waals surface area contributed by atoms with Gasteiger partial charge in [0.25, 0.3) is 0 Å². The largest absolute Gasteiger partial charge is 0.741 e. The Bertz CT molecular complexity index is 460. The van der Waals surface area contributed by atoms with Gasteiger partial charge in [0.15, 0.2) is 10.1 Å². The molecular weight excluding hydrogens is 398 g/mol. The van der Waals surface area contributed by atoms with E-state index in [0.29, 0.717) is 10.9 Å².